The van der Waals surface area contributed by atoms with Crippen LogP contribution in [0.1, 0.15) is 15.9 Å². The van der Waals surface area contributed by atoms with Crippen LogP contribution in [0.5, 0.6) is 11.5 Å². The molecule has 0 aliphatic carbocycles. The van der Waals surface area contributed by atoms with Crippen LogP contribution in [0.4, 0.5) is 0 Å². The maximum absolute atomic E-state index is 12.4. The quantitative estimate of drug-likeness (QED) is 0.329. The standard InChI is InChI=1S/C23H16N2O3/c26-23(17-9-10-21-22(12-17)28-14-27-21)25-24-13-20-18-7-3-1-5-15(18)11-16-6-2-4-8-19(16)20/h1-13H,14H2,(H,25,26)/b24-13-. The van der Waals surface area contributed by atoms with Gasteiger partial charge in [0, 0.05) is 11.1 Å². The van der Waals surface area contributed by atoms with Gasteiger partial charge in [0.05, 0.1) is 6.21 Å². The van der Waals surface area contributed by atoms with Crippen LogP contribution in [-0.4, -0.2) is 18.9 Å². The predicted molar refractivity (Wildman–Crippen MR) is 109 cm³/mol. The van der Waals surface area contributed by atoms with Gasteiger partial charge in [-0.05, 0) is 45.8 Å². The molecule has 28 heavy (non-hydrogen) atoms. The average Bonchev–Trinajstić information content (AvgIpc) is 3.21. The second-order valence-corrected chi connectivity index (χ2v) is 6.50. The Morgan fingerprint density at radius 3 is 2.29 bits per heavy atom. The Morgan fingerprint density at radius 2 is 1.54 bits per heavy atom. The van der Waals surface area contributed by atoms with Gasteiger partial charge < -0.3 is 9.47 Å². The number of carbonyl (C=O) groups is 1. The number of hydrogen-bond acceptors (Lipinski definition) is 4. The number of hydrogen-bond donors (Lipinski definition) is 1. The van der Waals surface area contributed by atoms with Gasteiger partial charge in [0.15, 0.2) is 11.5 Å². The van der Waals surface area contributed by atoms with Crippen LogP contribution in [0.3, 0.4) is 0 Å². The minimum atomic E-state index is -0.306. The van der Waals surface area contributed by atoms with Crippen molar-refractivity contribution >= 4 is 33.7 Å². The van der Waals surface area contributed by atoms with E-state index in [1.165, 1.54) is 0 Å². The van der Waals surface area contributed by atoms with E-state index in [1.807, 2.05) is 24.3 Å². The summed E-state index contributed by atoms with van der Waals surface area (Å²) in [6, 6.07) is 23.5. The zero-order valence-corrected chi connectivity index (χ0v) is 14.9. The molecule has 5 heteroatoms. The molecule has 0 atom stereocenters. The second kappa shape index (κ2) is 6.70. The molecule has 0 fully saturated rings. The van der Waals surface area contributed by atoms with Crippen LogP contribution in [0, 0.1) is 0 Å². The van der Waals surface area contributed by atoms with Crippen molar-refractivity contribution in [3.05, 3.63) is 83.9 Å². The summed E-state index contributed by atoms with van der Waals surface area (Å²) >= 11 is 0. The lowest BCUT2D eigenvalue weighted by molar-refractivity contribution is 0.0954. The van der Waals surface area contributed by atoms with E-state index in [-0.39, 0.29) is 12.7 Å². The van der Waals surface area contributed by atoms with Gasteiger partial charge in [-0.3, -0.25) is 4.79 Å². The number of nitrogens with zero attached hydrogens (tertiary/aromatic N) is 1. The summed E-state index contributed by atoms with van der Waals surface area (Å²) in [5.74, 6) is 0.901. The van der Waals surface area contributed by atoms with E-state index in [4.69, 9.17) is 9.47 Å². The molecule has 0 bridgehead atoms. The molecule has 5 nitrogen and oxygen atoms in total. The van der Waals surface area contributed by atoms with Crippen LogP contribution in [-0.2, 0) is 0 Å². The van der Waals surface area contributed by atoms with Crippen molar-refractivity contribution in [2.24, 2.45) is 5.10 Å². The van der Waals surface area contributed by atoms with Gasteiger partial charge in [-0.25, -0.2) is 5.43 Å². The molecule has 1 heterocycles. The topological polar surface area (TPSA) is 59.9 Å². The SMILES string of the molecule is O=C(N/N=C\c1c2ccccc2cc2ccccc12)c1ccc2c(c1)OCO2. The molecule has 0 saturated heterocycles. The number of amides is 1. The number of carbonyl (C=O) groups excluding carboxylic acids is 1. The van der Waals surface area contributed by atoms with E-state index in [0.29, 0.717) is 17.1 Å². The Morgan fingerprint density at radius 1 is 0.857 bits per heavy atom. The summed E-state index contributed by atoms with van der Waals surface area (Å²) in [5.41, 5.74) is 4.04. The number of hydrazone groups is 1. The maximum Gasteiger partial charge on any atom is 0.271 e. The number of ether oxygens (including phenoxy) is 2. The van der Waals surface area contributed by atoms with Crippen molar-refractivity contribution in [2.45, 2.75) is 0 Å². The Kier molecular flexibility index (Phi) is 3.91. The van der Waals surface area contributed by atoms with Crippen LogP contribution in [0.2, 0.25) is 0 Å². The Labute approximate surface area is 161 Å². The van der Waals surface area contributed by atoms with Crippen molar-refractivity contribution in [3.63, 3.8) is 0 Å². The maximum atomic E-state index is 12.4. The summed E-state index contributed by atoms with van der Waals surface area (Å²) in [6.45, 7) is 0.173. The third-order valence-corrected chi connectivity index (χ3v) is 4.81. The van der Waals surface area contributed by atoms with Gasteiger partial charge in [0.1, 0.15) is 0 Å². The van der Waals surface area contributed by atoms with Gasteiger partial charge in [0.25, 0.3) is 5.91 Å². The van der Waals surface area contributed by atoms with Gasteiger partial charge in [-0.1, -0.05) is 48.5 Å². The molecular weight excluding hydrogens is 352 g/mol. The Bertz CT molecular complexity index is 1190. The fraction of sp³-hybridized carbons (Fsp3) is 0.0435. The molecule has 5 rings (SSSR count). The lowest BCUT2D eigenvalue weighted by Gasteiger charge is -2.08. The van der Waals surface area contributed by atoms with Crippen LogP contribution in [0.25, 0.3) is 21.5 Å². The van der Waals surface area contributed by atoms with Crippen molar-refractivity contribution < 1.29 is 14.3 Å². The van der Waals surface area contributed by atoms with Gasteiger partial charge >= 0.3 is 0 Å². The number of benzene rings is 4. The van der Waals surface area contributed by atoms with Crippen molar-refractivity contribution in [1.82, 2.24) is 5.43 Å². The first kappa shape index (κ1) is 16.3. The third kappa shape index (κ3) is 2.83. The molecule has 4 aromatic rings. The molecule has 1 amide bonds. The van der Waals surface area contributed by atoms with Gasteiger partial charge in [-0.15, -0.1) is 0 Å². The average molecular weight is 368 g/mol. The van der Waals surface area contributed by atoms with Crippen molar-refractivity contribution in [1.29, 1.82) is 0 Å². The summed E-state index contributed by atoms with van der Waals surface area (Å²) in [5, 5.41) is 8.64. The molecule has 1 N–H and O–H groups in total. The lowest BCUT2D eigenvalue weighted by Crippen LogP contribution is -2.17. The smallest absolute Gasteiger partial charge is 0.271 e. The highest BCUT2D eigenvalue weighted by Gasteiger charge is 2.16. The highest BCUT2D eigenvalue weighted by atomic mass is 16.7. The highest BCUT2D eigenvalue weighted by molar-refractivity contribution is 6.13. The summed E-state index contributed by atoms with van der Waals surface area (Å²) in [7, 11) is 0. The van der Waals surface area contributed by atoms with Crippen LogP contribution in [0.15, 0.2) is 77.9 Å². The van der Waals surface area contributed by atoms with E-state index in [0.717, 1.165) is 27.1 Å². The highest BCUT2D eigenvalue weighted by Crippen LogP contribution is 2.32. The molecule has 4 aromatic carbocycles. The molecule has 0 spiro atoms. The normalized spacial score (nSPS) is 12.7. The van der Waals surface area contributed by atoms with E-state index < -0.39 is 0 Å². The zero-order valence-electron chi connectivity index (χ0n) is 14.9. The largest absolute Gasteiger partial charge is 0.454 e. The molecule has 0 aromatic heterocycles. The number of nitrogens with one attached hydrogen (secondary N) is 1. The molecule has 1 aliphatic heterocycles. The lowest BCUT2D eigenvalue weighted by atomic mass is 9.97. The Hall–Kier alpha value is -3.86. The summed E-state index contributed by atoms with van der Waals surface area (Å²) < 4.78 is 10.6. The van der Waals surface area contributed by atoms with E-state index in [9.17, 15) is 4.79 Å². The minimum Gasteiger partial charge on any atom is -0.454 e. The fourth-order valence-corrected chi connectivity index (χ4v) is 3.45. The molecule has 0 radical (unpaired) electrons. The van der Waals surface area contributed by atoms with Gasteiger partial charge in [-0.2, -0.15) is 5.10 Å². The second-order valence-electron chi connectivity index (χ2n) is 6.50. The van der Waals surface area contributed by atoms with E-state index in [1.54, 1.807) is 24.4 Å². The third-order valence-electron chi connectivity index (χ3n) is 4.81. The number of fused-ring (bicyclic) bond motifs is 3. The van der Waals surface area contributed by atoms with E-state index >= 15 is 0 Å². The minimum absolute atomic E-state index is 0.173. The summed E-state index contributed by atoms with van der Waals surface area (Å²) in [6.07, 6.45) is 1.70. The first-order valence-electron chi connectivity index (χ1n) is 8.93. The zero-order chi connectivity index (χ0) is 18.9. The monoisotopic (exact) mass is 368 g/mol. The van der Waals surface area contributed by atoms with Crippen LogP contribution < -0.4 is 14.9 Å². The van der Waals surface area contributed by atoms with E-state index in [2.05, 4.69) is 40.9 Å². The predicted octanol–water partition coefficient (Wildman–Crippen LogP) is 4.49. The molecule has 1 aliphatic rings. The van der Waals surface area contributed by atoms with Crippen molar-refractivity contribution in [3.8, 4) is 11.5 Å². The first-order valence-corrected chi connectivity index (χ1v) is 8.93. The molecule has 0 unspecified atom stereocenters. The van der Waals surface area contributed by atoms with Crippen molar-refractivity contribution in [2.75, 3.05) is 6.79 Å². The summed E-state index contributed by atoms with van der Waals surface area (Å²) in [4.78, 5) is 12.4. The first-order chi connectivity index (χ1) is 13.8. The fourth-order valence-electron chi connectivity index (χ4n) is 3.45. The number of rotatable bonds is 3. The molecule has 136 valence electrons. The Balaban J connectivity index is 1.47. The molecular formula is C23H16N2O3. The van der Waals surface area contributed by atoms with Gasteiger partial charge in [0.2, 0.25) is 6.79 Å². The van der Waals surface area contributed by atoms with Crippen LogP contribution >= 0.6 is 0 Å². The molecule has 0 saturated carbocycles.